The van der Waals surface area contributed by atoms with E-state index in [9.17, 15) is 0 Å². The predicted octanol–water partition coefficient (Wildman–Crippen LogP) is -5.74. The van der Waals surface area contributed by atoms with Crippen molar-refractivity contribution in [2.75, 3.05) is 0 Å². The maximum absolute atomic E-state index is 6.09. The summed E-state index contributed by atoms with van der Waals surface area (Å²) in [5, 5.41) is 0. The first-order valence-corrected chi connectivity index (χ1v) is 6.15. The van der Waals surface area contributed by atoms with Gasteiger partial charge in [0.15, 0.2) is 0 Å². The van der Waals surface area contributed by atoms with Gasteiger partial charge in [-0.05, 0) is 6.92 Å². The zero-order valence-corrected chi connectivity index (χ0v) is 12.3. The fourth-order valence-corrected chi connectivity index (χ4v) is 3.04. The summed E-state index contributed by atoms with van der Waals surface area (Å²) in [4.78, 5) is 0. The summed E-state index contributed by atoms with van der Waals surface area (Å²) in [5.41, 5.74) is 50.0. The molecule has 0 aromatic heterocycles. The van der Waals surface area contributed by atoms with Crippen LogP contribution in [0, 0.1) is 0 Å². The van der Waals surface area contributed by atoms with Gasteiger partial charge in [0.05, 0.1) is 5.54 Å². The largest absolute Gasteiger partial charge is 0.320 e. The minimum Gasteiger partial charge on any atom is -0.320 e. The fraction of sp³-hybridized carbons (Fsp3) is 1.00. The Morgan fingerprint density at radius 2 is 0.833 bits per heavy atom. The molecule has 1 rings (SSSR count). The summed E-state index contributed by atoms with van der Waals surface area (Å²) in [6.45, 7) is 1.44. The molecule has 11 heteroatoms. The van der Waals surface area contributed by atoms with Crippen LogP contribution in [-0.4, -0.2) is 31.7 Å². The lowest BCUT2D eigenvalue weighted by Crippen LogP contribution is -3.10. The Balaban J connectivity index is 3.72. The van der Waals surface area contributed by atoms with Crippen molar-refractivity contribution in [2.45, 2.75) is 38.7 Å². The molecule has 0 spiro atoms. The number of hydrogen-bond donors (Lipinski definition) is 10. The minimum absolute atomic E-state index is 1.44. The Hall–Kier alpha value is 0.330. The molecule has 10 nitrogen and oxygen atoms in total. The molecule has 1 saturated carbocycles. The van der Waals surface area contributed by atoms with Crippen molar-refractivity contribution in [3.05, 3.63) is 0 Å². The predicted molar refractivity (Wildman–Crippen MR) is 78.0 cm³/mol. The average molecular weight is 374 g/mol. The van der Waals surface area contributed by atoms with E-state index in [4.69, 9.17) is 57.3 Å². The molecular weight excluding hydrogens is 351 g/mol. The summed E-state index contributed by atoms with van der Waals surface area (Å²) in [6, 6.07) is 0. The van der Waals surface area contributed by atoms with Crippen molar-refractivity contribution in [3.63, 3.8) is 0 Å². The maximum Gasteiger partial charge on any atom is 0.133 e. The SMILES string of the molecule is CC1(N)C(N)(N)C(N)(N)C(N)(N)C(N)(N)C1(N)I. The first-order valence-electron chi connectivity index (χ1n) is 5.08. The van der Waals surface area contributed by atoms with Crippen LogP contribution in [0.2, 0.25) is 0 Å². The van der Waals surface area contributed by atoms with E-state index < -0.39 is 31.7 Å². The number of alkyl halides is 1. The summed E-state index contributed by atoms with van der Waals surface area (Å²) < 4.78 is -1.56. The van der Waals surface area contributed by atoms with E-state index in [1.807, 2.05) is 0 Å². The summed E-state index contributed by atoms with van der Waals surface area (Å²) in [6.07, 6.45) is 0. The highest BCUT2D eigenvalue weighted by atomic mass is 127. The van der Waals surface area contributed by atoms with Gasteiger partial charge in [-0.25, -0.2) is 0 Å². The molecule has 0 heterocycles. The summed E-state index contributed by atoms with van der Waals surface area (Å²) in [7, 11) is 0. The van der Waals surface area contributed by atoms with E-state index >= 15 is 0 Å². The van der Waals surface area contributed by atoms with Crippen LogP contribution in [0.15, 0.2) is 0 Å². The van der Waals surface area contributed by atoms with Gasteiger partial charge in [-0.1, -0.05) is 22.6 Å². The molecule has 0 aromatic rings. The number of hydrogen-bond acceptors (Lipinski definition) is 10. The number of halogens is 1. The highest BCUT2D eigenvalue weighted by Crippen LogP contribution is 2.47. The molecule has 0 bridgehead atoms. The van der Waals surface area contributed by atoms with Gasteiger partial charge in [0.25, 0.3) is 0 Å². The molecule has 1 aliphatic carbocycles. The first kappa shape index (κ1) is 16.4. The molecule has 1 fully saturated rings. The lowest BCUT2D eigenvalue weighted by atomic mass is 9.56. The van der Waals surface area contributed by atoms with Crippen molar-refractivity contribution >= 4 is 22.6 Å². The van der Waals surface area contributed by atoms with Crippen LogP contribution in [0.25, 0.3) is 0 Å². The smallest absolute Gasteiger partial charge is 0.133 e. The molecule has 20 N–H and O–H groups in total. The number of nitrogens with two attached hydrogens (primary N) is 10. The lowest BCUT2D eigenvalue weighted by Gasteiger charge is -2.70. The van der Waals surface area contributed by atoms with Crippen LogP contribution in [-0.2, 0) is 0 Å². The molecule has 0 radical (unpaired) electrons. The third-order valence-electron chi connectivity index (χ3n) is 4.27. The second-order valence-electron chi connectivity index (χ2n) is 5.39. The van der Waals surface area contributed by atoms with Gasteiger partial charge in [-0.3, -0.25) is 0 Å². The minimum atomic E-state index is -2.06. The zero-order valence-electron chi connectivity index (χ0n) is 10.2. The third kappa shape index (κ3) is 1.30. The summed E-state index contributed by atoms with van der Waals surface area (Å²) >= 11 is 1.72. The van der Waals surface area contributed by atoms with Gasteiger partial charge in [-0.2, -0.15) is 0 Å². The van der Waals surface area contributed by atoms with Crippen molar-refractivity contribution in [1.29, 1.82) is 0 Å². The Morgan fingerprint density at radius 1 is 0.556 bits per heavy atom. The molecule has 1 aliphatic rings. The van der Waals surface area contributed by atoms with Crippen LogP contribution in [0.5, 0.6) is 0 Å². The molecule has 0 amide bonds. The molecule has 18 heavy (non-hydrogen) atoms. The van der Waals surface area contributed by atoms with E-state index in [0.29, 0.717) is 0 Å². The van der Waals surface area contributed by atoms with Gasteiger partial charge in [0.2, 0.25) is 0 Å². The van der Waals surface area contributed by atoms with E-state index in [0.717, 1.165) is 0 Å². The van der Waals surface area contributed by atoms with Crippen LogP contribution in [0.3, 0.4) is 0 Å². The molecule has 2 atom stereocenters. The quantitative estimate of drug-likeness (QED) is 0.0830. The van der Waals surface area contributed by atoms with Gasteiger partial charge in [0, 0.05) is 0 Å². The summed E-state index contributed by atoms with van der Waals surface area (Å²) in [5.74, 6) is 0. The normalized spacial score (nSPS) is 44.7. The third-order valence-corrected chi connectivity index (χ3v) is 6.28. The van der Waals surface area contributed by atoms with Crippen LogP contribution >= 0.6 is 22.6 Å². The number of rotatable bonds is 0. The Labute approximate surface area is 119 Å². The molecule has 108 valence electrons. The molecule has 2 unspecified atom stereocenters. The Kier molecular flexibility index (Phi) is 3.19. The van der Waals surface area contributed by atoms with E-state index in [-0.39, 0.29) is 0 Å². The topological polar surface area (TPSA) is 260 Å². The first-order chi connectivity index (χ1) is 7.50. The standard InChI is InChI=1S/C7H23IN10/c1-2(9)3(8,10)5(13,14)7(17,18)6(15,16)4(2,11)12/h9-18H2,1H3. The monoisotopic (exact) mass is 374 g/mol. The molecule has 0 aromatic carbocycles. The lowest BCUT2D eigenvalue weighted by molar-refractivity contribution is -0.0682. The van der Waals surface area contributed by atoms with Crippen molar-refractivity contribution in [2.24, 2.45) is 57.3 Å². The Bertz CT molecular complexity index is 253. The van der Waals surface area contributed by atoms with Crippen LogP contribution in [0.1, 0.15) is 6.92 Å². The van der Waals surface area contributed by atoms with Gasteiger partial charge in [-0.15, -0.1) is 0 Å². The molecule has 0 aliphatic heterocycles. The highest BCUT2D eigenvalue weighted by Gasteiger charge is 2.79. The second-order valence-corrected chi connectivity index (χ2v) is 7.09. The maximum atomic E-state index is 6.09. The van der Waals surface area contributed by atoms with Crippen molar-refractivity contribution in [3.8, 4) is 0 Å². The van der Waals surface area contributed by atoms with E-state index in [2.05, 4.69) is 0 Å². The molecular formula is C7H23IN10. The molecule has 0 saturated heterocycles. The fourth-order valence-electron chi connectivity index (χ4n) is 2.15. The Morgan fingerprint density at radius 3 is 1.17 bits per heavy atom. The van der Waals surface area contributed by atoms with Crippen LogP contribution < -0.4 is 57.3 Å². The van der Waals surface area contributed by atoms with Gasteiger partial charge < -0.3 is 57.3 Å². The van der Waals surface area contributed by atoms with Crippen molar-refractivity contribution < 1.29 is 0 Å². The van der Waals surface area contributed by atoms with Crippen molar-refractivity contribution in [1.82, 2.24) is 0 Å². The second kappa shape index (κ2) is 3.50. The van der Waals surface area contributed by atoms with E-state index in [1.165, 1.54) is 6.92 Å². The highest BCUT2D eigenvalue weighted by molar-refractivity contribution is 14.1. The van der Waals surface area contributed by atoms with E-state index in [1.54, 1.807) is 22.6 Å². The average Bonchev–Trinajstić information content (AvgIpc) is 2.14. The van der Waals surface area contributed by atoms with Gasteiger partial charge >= 0.3 is 0 Å². The zero-order chi connectivity index (χ0) is 15.0. The van der Waals surface area contributed by atoms with Crippen LogP contribution in [0.4, 0.5) is 0 Å². The van der Waals surface area contributed by atoms with Gasteiger partial charge in [0.1, 0.15) is 26.2 Å².